The second kappa shape index (κ2) is 11.4. The highest BCUT2D eigenvalue weighted by molar-refractivity contribution is 6.30. The van der Waals surface area contributed by atoms with Crippen molar-refractivity contribution in [3.8, 4) is 23.1 Å². The topological polar surface area (TPSA) is 77.9 Å². The maximum atomic E-state index is 10.8. The molecule has 0 bridgehead atoms. The summed E-state index contributed by atoms with van der Waals surface area (Å²) in [6, 6.07) is 16.7. The molecule has 1 heterocycles. The molecule has 0 fully saturated rings. The first-order valence-corrected chi connectivity index (χ1v) is 10.8. The summed E-state index contributed by atoms with van der Waals surface area (Å²) in [5.41, 5.74) is 2.03. The highest BCUT2D eigenvalue weighted by Gasteiger charge is 2.14. The molecule has 0 saturated carbocycles. The van der Waals surface area contributed by atoms with E-state index in [1.807, 2.05) is 62.4 Å². The Morgan fingerprint density at radius 2 is 1.91 bits per heavy atom. The lowest BCUT2D eigenvalue weighted by molar-refractivity contribution is -0.136. The van der Waals surface area contributed by atoms with Crippen LogP contribution in [0.4, 0.5) is 0 Å². The molecule has 0 amide bonds. The number of rotatable bonds is 11. The van der Waals surface area contributed by atoms with Crippen molar-refractivity contribution in [3.63, 3.8) is 0 Å². The van der Waals surface area contributed by atoms with E-state index in [0.717, 1.165) is 16.9 Å². The number of carboxylic acids is 1. The number of nitrogens with zero attached hydrogens (tertiary/aromatic N) is 1. The summed E-state index contributed by atoms with van der Waals surface area (Å²) >= 11 is 6.08. The third kappa shape index (κ3) is 7.17. The van der Waals surface area contributed by atoms with E-state index in [-0.39, 0.29) is 12.5 Å². The molecule has 0 radical (unpaired) electrons. The number of para-hydroxylation sites is 1. The predicted molar refractivity (Wildman–Crippen MR) is 123 cm³/mol. The molecular weight excluding hydrogens is 430 g/mol. The van der Waals surface area contributed by atoms with Crippen LogP contribution in [0.25, 0.3) is 0 Å². The van der Waals surface area contributed by atoms with Crippen LogP contribution >= 0.6 is 11.6 Å². The van der Waals surface area contributed by atoms with Crippen LogP contribution in [0.1, 0.15) is 30.9 Å². The van der Waals surface area contributed by atoms with Gasteiger partial charge in [-0.15, -0.1) is 0 Å². The molecule has 0 aliphatic heterocycles. The largest absolute Gasteiger partial charge is 0.493 e. The van der Waals surface area contributed by atoms with Gasteiger partial charge in [0.05, 0.1) is 11.6 Å². The van der Waals surface area contributed by atoms with Crippen LogP contribution in [0.3, 0.4) is 0 Å². The summed E-state index contributed by atoms with van der Waals surface area (Å²) in [6.45, 7) is 4.35. The molecule has 32 heavy (non-hydrogen) atoms. The number of halogens is 1. The van der Waals surface area contributed by atoms with Crippen molar-refractivity contribution in [2.75, 3.05) is 6.61 Å². The Labute approximate surface area is 192 Å². The Hall–Kier alpha value is -3.25. The Morgan fingerprint density at radius 3 is 2.62 bits per heavy atom. The van der Waals surface area contributed by atoms with Crippen molar-refractivity contribution in [1.82, 2.24) is 4.98 Å². The van der Waals surface area contributed by atoms with Gasteiger partial charge in [0.15, 0.2) is 5.75 Å². The summed E-state index contributed by atoms with van der Waals surface area (Å²) in [5.74, 6) is 1.42. The summed E-state index contributed by atoms with van der Waals surface area (Å²) in [4.78, 5) is 15.0. The van der Waals surface area contributed by atoms with E-state index in [1.54, 1.807) is 6.07 Å². The van der Waals surface area contributed by atoms with E-state index in [1.165, 1.54) is 6.20 Å². The van der Waals surface area contributed by atoms with Crippen LogP contribution in [0.5, 0.6) is 23.1 Å². The van der Waals surface area contributed by atoms with E-state index in [4.69, 9.17) is 30.9 Å². The predicted octanol–water partition coefficient (Wildman–Crippen LogP) is 6.09. The minimum absolute atomic E-state index is 0.116. The summed E-state index contributed by atoms with van der Waals surface area (Å²) in [6.07, 6.45) is 2.61. The van der Waals surface area contributed by atoms with Gasteiger partial charge < -0.3 is 19.3 Å². The zero-order valence-corrected chi connectivity index (χ0v) is 18.8. The molecule has 1 aromatic heterocycles. The zero-order chi connectivity index (χ0) is 22.9. The molecule has 0 unspecified atom stereocenters. The van der Waals surface area contributed by atoms with E-state index in [9.17, 15) is 4.79 Å². The van der Waals surface area contributed by atoms with Crippen LogP contribution in [-0.2, 0) is 11.2 Å². The van der Waals surface area contributed by atoms with Gasteiger partial charge in [-0.1, -0.05) is 35.9 Å². The lowest BCUT2D eigenvalue weighted by Gasteiger charge is -2.17. The molecule has 1 atom stereocenters. The molecule has 0 saturated heterocycles. The molecule has 3 rings (SSSR count). The molecule has 0 spiro atoms. The Bertz CT molecular complexity index is 1040. The molecule has 0 aliphatic carbocycles. The molecule has 2 aromatic carbocycles. The average molecular weight is 456 g/mol. The van der Waals surface area contributed by atoms with Gasteiger partial charge in [0, 0.05) is 25.1 Å². The summed E-state index contributed by atoms with van der Waals surface area (Å²) in [5, 5.41) is 9.30. The van der Waals surface area contributed by atoms with Gasteiger partial charge in [-0.25, -0.2) is 4.98 Å². The lowest BCUT2D eigenvalue weighted by atomic mass is 10.0. The minimum atomic E-state index is -0.800. The smallest absolute Gasteiger partial charge is 0.303 e. The van der Waals surface area contributed by atoms with Crippen molar-refractivity contribution in [2.24, 2.45) is 0 Å². The number of hydrogen-bond donors (Lipinski definition) is 1. The van der Waals surface area contributed by atoms with E-state index < -0.39 is 5.97 Å². The number of ether oxygens (including phenoxy) is 3. The van der Waals surface area contributed by atoms with Crippen molar-refractivity contribution in [2.45, 2.75) is 39.2 Å². The maximum absolute atomic E-state index is 10.8. The highest BCUT2D eigenvalue weighted by Crippen LogP contribution is 2.32. The fraction of sp³-hybridized carbons (Fsp3) is 0.280. The first-order valence-electron chi connectivity index (χ1n) is 10.4. The summed E-state index contributed by atoms with van der Waals surface area (Å²) in [7, 11) is 0. The van der Waals surface area contributed by atoms with E-state index >= 15 is 0 Å². The fourth-order valence-corrected chi connectivity index (χ4v) is 3.21. The van der Waals surface area contributed by atoms with Crippen molar-refractivity contribution in [1.29, 1.82) is 0 Å². The van der Waals surface area contributed by atoms with Gasteiger partial charge in [-0.05, 0) is 55.7 Å². The van der Waals surface area contributed by atoms with Crippen molar-refractivity contribution < 1.29 is 24.1 Å². The molecular formula is C25H26ClNO5. The molecule has 6 nitrogen and oxygen atoms in total. The number of carbonyl (C=O) groups is 1. The monoisotopic (exact) mass is 455 g/mol. The minimum Gasteiger partial charge on any atom is -0.493 e. The third-order valence-electron chi connectivity index (χ3n) is 4.78. The SMILES string of the molecule is Cc1cc(OCC[C@H](C)Oc2ncc(Cl)cc2Oc2ccccc2)ccc1CCC(=O)O. The van der Waals surface area contributed by atoms with Crippen LogP contribution in [-0.4, -0.2) is 28.8 Å². The van der Waals surface area contributed by atoms with Gasteiger partial charge >= 0.3 is 5.97 Å². The number of aliphatic carboxylic acids is 1. The van der Waals surface area contributed by atoms with Crippen LogP contribution in [0, 0.1) is 6.92 Å². The second-order valence-electron chi connectivity index (χ2n) is 7.42. The Balaban J connectivity index is 1.53. The fourth-order valence-electron chi connectivity index (χ4n) is 3.06. The van der Waals surface area contributed by atoms with Gasteiger partial charge in [0.25, 0.3) is 5.88 Å². The van der Waals surface area contributed by atoms with Crippen molar-refractivity contribution in [3.05, 3.63) is 76.9 Å². The molecule has 1 N–H and O–H groups in total. The highest BCUT2D eigenvalue weighted by atomic mass is 35.5. The number of benzene rings is 2. The third-order valence-corrected chi connectivity index (χ3v) is 4.99. The quantitative estimate of drug-likeness (QED) is 0.377. The number of hydrogen-bond acceptors (Lipinski definition) is 5. The van der Waals surface area contributed by atoms with Gasteiger partial charge in [0.1, 0.15) is 17.6 Å². The number of pyridine rings is 1. The average Bonchev–Trinajstić information content (AvgIpc) is 2.76. The molecule has 3 aromatic rings. The number of aryl methyl sites for hydroxylation is 2. The standard InChI is InChI=1S/C25H26ClNO5/c1-17-14-22(10-8-19(17)9-11-24(28)29)30-13-12-18(2)31-25-23(15-20(26)16-27-25)32-21-6-4-3-5-7-21/h3-8,10,14-16,18H,9,11-13H2,1-2H3,(H,28,29)/t18-/m0/s1. The molecule has 7 heteroatoms. The van der Waals surface area contributed by atoms with Crippen LogP contribution < -0.4 is 14.2 Å². The zero-order valence-electron chi connectivity index (χ0n) is 18.1. The Kier molecular flexibility index (Phi) is 8.34. The van der Waals surface area contributed by atoms with Gasteiger partial charge in [-0.2, -0.15) is 0 Å². The number of carboxylic acid groups (broad SMARTS) is 1. The first kappa shape index (κ1) is 23.4. The van der Waals surface area contributed by atoms with Crippen LogP contribution in [0.15, 0.2) is 60.8 Å². The first-order chi connectivity index (χ1) is 15.4. The molecule has 0 aliphatic rings. The van der Waals surface area contributed by atoms with Crippen LogP contribution in [0.2, 0.25) is 5.02 Å². The van der Waals surface area contributed by atoms with Gasteiger partial charge in [-0.3, -0.25) is 4.79 Å². The second-order valence-corrected chi connectivity index (χ2v) is 7.86. The maximum Gasteiger partial charge on any atom is 0.303 e. The van der Waals surface area contributed by atoms with E-state index in [0.29, 0.717) is 41.9 Å². The van der Waals surface area contributed by atoms with E-state index in [2.05, 4.69) is 4.98 Å². The summed E-state index contributed by atoms with van der Waals surface area (Å²) < 4.78 is 17.7. The lowest BCUT2D eigenvalue weighted by Crippen LogP contribution is -2.17. The van der Waals surface area contributed by atoms with Gasteiger partial charge in [0.2, 0.25) is 0 Å². The molecule has 168 valence electrons. The number of aromatic nitrogens is 1. The normalized spacial score (nSPS) is 11.6. The Morgan fingerprint density at radius 1 is 1.12 bits per heavy atom. The van der Waals surface area contributed by atoms with Crippen molar-refractivity contribution >= 4 is 17.6 Å².